The number of aliphatic carboxylic acids is 1. The highest BCUT2D eigenvalue weighted by Crippen LogP contribution is 2.26. The zero-order chi connectivity index (χ0) is 15.3. The molecule has 1 heterocycles. The van der Waals surface area contributed by atoms with Crippen molar-refractivity contribution in [1.82, 2.24) is 10.2 Å². The minimum Gasteiger partial charge on any atom is -0.481 e. The molecule has 1 saturated heterocycles. The molecule has 20 heavy (non-hydrogen) atoms. The Balaban J connectivity index is 2.64. The maximum absolute atomic E-state index is 12.4. The van der Waals surface area contributed by atoms with Crippen LogP contribution in [0.4, 0.5) is 4.79 Å². The van der Waals surface area contributed by atoms with Crippen LogP contribution in [0.25, 0.3) is 0 Å². The van der Waals surface area contributed by atoms with Gasteiger partial charge in [0.25, 0.3) is 0 Å². The first-order valence-electron chi connectivity index (χ1n) is 7.64. The van der Waals surface area contributed by atoms with Crippen molar-refractivity contribution in [2.24, 2.45) is 11.8 Å². The Morgan fingerprint density at radius 2 is 2.00 bits per heavy atom. The Morgan fingerprint density at radius 1 is 1.35 bits per heavy atom. The summed E-state index contributed by atoms with van der Waals surface area (Å²) in [6.07, 6.45) is 2.69. The Kier molecular flexibility index (Phi) is 6.30. The molecule has 0 aromatic heterocycles. The second kappa shape index (κ2) is 7.50. The number of carbonyl (C=O) groups excluding carboxylic acids is 1. The number of carboxylic acids is 1. The van der Waals surface area contributed by atoms with E-state index in [1.54, 1.807) is 0 Å². The molecule has 0 bridgehead atoms. The number of rotatable bonds is 5. The Morgan fingerprint density at radius 3 is 2.55 bits per heavy atom. The summed E-state index contributed by atoms with van der Waals surface area (Å²) in [6.45, 7) is 9.14. The van der Waals surface area contributed by atoms with Crippen LogP contribution in [0.3, 0.4) is 0 Å². The maximum atomic E-state index is 12.4. The van der Waals surface area contributed by atoms with Gasteiger partial charge >= 0.3 is 12.0 Å². The summed E-state index contributed by atoms with van der Waals surface area (Å²) in [5, 5.41) is 11.8. The van der Waals surface area contributed by atoms with Crippen LogP contribution in [0.2, 0.25) is 0 Å². The van der Waals surface area contributed by atoms with Crippen molar-refractivity contribution in [3.63, 3.8) is 0 Å². The number of nitrogens with zero attached hydrogens (tertiary/aromatic N) is 1. The number of piperidine rings is 1. The van der Waals surface area contributed by atoms with Gasteiger partial charge in [-0.05, 0) is 31.6 Å². The molecule has 5 nitrogen and oxygen atoms in total. The molecular formula is C15H28N2O3. The monoisotopic (exact) mass is 284 g/mol. The van der Waals surface area contributed by atoms with Gasteiger partial charge in [-0.3, -0.25) is 4.79 Å². The van der Waals surface area contributed by atoms with Crippen molar-refractivity contribution in [2.45, 2.75) is 65.5 Å². The molecule has 1 rings (SSSR count). The van der Waals surface area contributed by atoms with E-state index in [0.29, 0.717) is 18.3 Å². The fraction of sp³-hybridized carbons (Fsp3) is 0.867. The van der Waals surface area contributed by atoms with E-state index in [1.165, 1.54) is 0 Å². The number of nitrogens with one attached hydrogen (secondary N) is 1. The smallest absolute Gasteiger partial charge is 0.317 e. The van der Waals surface area contributed by atoms with Crippen molar-refractivity contribution in [1.29, 1.82) is 0 Å². The molecule has 2 amide bonds. The molecule has 0 aromatic rings. The van der Waals surface area contributed by atoms with Crippen LogP contribution in [0.1, 0.15) is 53.4 Å². The van der Waals surface area contributed by atoms with Crippen molar-refractivity contribution < 1.29 is 14.7 Å². The fourth-order valence-corrected chi connectivity index (χ4v) is 3.03. The molecule has 116 valence electrons. The van der Waals surface area contributed by atoms with Gasteiger partial charge < -0.3 is 15.3 Å². The topological polar surface area (TPSA) is 69.6 Å². The van der Waals surface area contributed by atoms with Gasteiger partial charge in [0, 0.05) is 18.6 Å². The average molecular weight is 284 g/mol. The number of carboxylic acid groups (broad SMARTS) is 1. The zero-order valence-electron chi connectivity index (χ0n) is 13.1. The Hall–Kier alpha value is -1.26. The first kappa shape index (κ1) is 16.8. The quantitative estimate of drug-likeness (QED) is 0.815. The van der Waals surface area contributed by atoms with Gasteiger partial charge in [-0.2, -0.15) is 0 Å². The van der Waals surface area contributed by atoms with Gasteiger partial charge in [-0.25, -0.2) is 4.79 Å². The van der Waals surface area contributed by atoms with Crippen LogP contribution in [0.5, 0.6) is 0 Å². The van der Waals surface area contributed by atoms with E-state index in [0.717, 1.165) is 19.4 Å². The highest BCUT2D eigenvalue weighted by atomic mass is 16.4. The van der Waals surface area contributed by atoms with Gasteiger partial charge in [0.15, 0.2) is 0 Å². The largest absolute Gasteiger partial charge is 0.481 e. The van der Waals surface area contributed by atoms with Gasteiger partial charge in [-0.15, -0.1) is 0 Å². The number of carbonyl (C=O) groups is 2. The lowest BCUT2D eigenvalue weighted by molar-refractivity contribution is -0.137. The second-order valence-corrected chi connectivity index (χ2v) is 6.24. The molecule has 0 aromatic carbocycles. The van der Waals surface area contributed by atoms with Crippen LogP contribution in [0, 0.1) is 11.8 Å². The van der Waals surface area contributed by atoms with Gasteiger partial charge in [0.1, 0.15) is 0 Å². The van der Waals surface area contributed by atoms with Crippen molar-refractivity contribution >= 4 is 12.0 Å². The standard InChI is InChI=1S/C15H28N2O3/c1-5-6-13(8-14(18)19)16-15(20)17-9-10(2)7-11(3)12(17)4/h10-13H,5-9H2,1-4H3,(H,16,20)(H,18,19). The summed E-state index contributed by atoms with van der Waals surface area (Å²) in [5.74, 6) is 0.113. The predicted molar refractivity (Wildman–Crippen MR) is 78.6 cm³/mol. The van der Waals surface area contributed by atoms with E-state index in [1.807, 2.05) is 11.8 Å². The number of urea groups is 1. The minimum atomic E-state index is -0.864. The zero-order valence-corrected chi connectivity index (χ0v) is 13.1. The minimum absolute atomic E-state index is 0.00704. The average Bonchev–Trinajstić information content (AvgIpc) is 2.33. The van der Waals surface area contributed by atoms with E-state index < -0.39 is 5.97 Å². The third kappa shape index (κ3) is 4.69. The number of likely N-dealkylation sites (tertiary alicyclic amines) is 1. The van der Waals surface area contributed by atoms with Crippen molar-refractivity contribution in [3.8, 4) is 0 Å². The van der Waals surface area contributed by atoms with Gasteiger partial charge in [0.05, 0.1) is 6.42 Å². The Bertz CT molecular complexity index is 346. The van der Waals surface area contributed by atoms with Gasteiger partial charge in [0.2, 0.25) is 0 Å². The maximum Gasteiger partial charge on any atom is 0.317 e. The molecule has 1 aliphatic heterocycles. The summed E-state index contributed by atoms with van der Waals surface area (Å²) < 4.78 is 0. The van der Waals surface area contributed by atoms with E-state index in [4.69, 9.17) is 5.11 Å². The summed E-state index contributed by atoms with van der Waals surface area (Å²) in [5.41, 5.74) is 0. The predicted octanol–water partition coefficient (Wildman–Crippen LogP) is 2.71. The van der Waals surface area contributed by atoms with Gasteiger partial charge in [-0.1, -0.05) is 27.2 Å². The molecule has 1 fully saturated rings. The number of amides is 2. The van der Waals surface area contributed by atoms with E-state index >= 15 is 0 Å². The normalized spacial score (nSPS) is 28.0. The lowest BCUT2D eigenvalue weighted by Gasteiger charge is -2.41. The van der Waals surface area contributed by atoms with E-state index in [2.05, 4.69) is 26.1 Å². The number of hydrogen-bond donors (Lipinski definition) is 2. The van der Waals surface area contributed by atoms with Crippen LogP contribution < -0.4 is 5.32 Å². The summed E-state index contributed by atoms with van der Waals surface area (Å²) in [7, 11) is 0. The lowest BCUT2D eigenvalue weighted by Crippen LogP contribution is -2.54. The fourth-order valence-electron chi connectivity index (χ4n) is 3.03. The molecule has 0 spiro atoms. The third-order valence-corrected chi connectivity index (χ3v) is 4.24. The lowest BCUT2D eigenvalue weighted by atomic mass is 9.86. The molecule has 4 unspecified atom stereocenters. The van der Waals surface area contributed by atoms with Crippen molar-refractivity contribution in [3.05, 3.63) is 0 Å². The molecular weight excluding hydrogens is 256 g/mol. The number of hydrogen-bond acceptors (Lipinski definition) is 2. The third-order valence-electron chi connectivity index (χ3n) is 4.24. The van der Waals surface area contributed by atoms with Crippen LogP contribution >= 0.6 is 0 Å². The molecule has 2 N–H and O–H groups in total. The van der Waals surface area contributed by atoms with Crippen LogP contribution in [0.15, 0.2) is 0 Å². The SMILES string of the molecule is CCCC(CC(=O)O)NC(=O)N1CC(C)CC(C)C1C. The van der Waals surface area contributed by atoms with Crippen molar-refractivity contribution in [2.75, 3.05) is 6.54 Å². The highest BCUT2D eigenvalue weighted by molar-refractivity contribution is 5.76. The van der Waals surface area contributed by atoms with Crippen LogP contribution in [-0.4, -0.2) is 40.6 Å². The molecule has 0 radical (unpaired) electrons. The molecule has 4 atom stereocenters. The first-order chi connectivity index (χ1) is 9.35. The summed E-state index contributed by atoms with van der Waals surface area (Å²) in [6, 6.07) is -0.182. The van der Waals surface area contributed by atoms with Crippen LogP contribution in [-0.2, 0) is 4.79 Å². The highest BCUT2D eigenvalue weighted by Gasteiger charge is 2.32. The molecule has 0 saturated carbocycles. The second-order valence-electron chi connectivity index (χ2n) is 6.24. The Labute approximate surface area is 121 Å². The first-order valence-corrected chi connectivity index (χ1v) is 7.64. The molecule has 0 aliphatic carbocycles. The summed E-state index contributed by atoms with van der Waals surface area (Å²) >= 11 is 0. The molecule has 5 heteroatoms. The molecule has 1 aliphatic rings. The summed E-state index contributed by atoms with van der Waals surface area (Å²) in [4.78, 5) is 25.1. The van der Waals surface area contributed by atoms with E-state index in [9.17, 15) is 9.59 Å². The van der Waals surface area contributed by atoms with E-state index in [-0.39, 0.29) is 24.5 Å².